The number of rotatable bonds is 3. The Morgan fingerprint density at radius 2 is 2.00 bits per heavy atom. The molecule has 25 heavy (non-hydrogen) atoms. The minimum absolute atomic E-state index is 0.315. The maximum absolute atomic E-state index is 12.4. The molecule has 2 heterocycles. The lowest BCUT2D eigenvalue weighted by atomic mass is 10.2. The van der Waals surface area contributed by atoms with E-state index in [4.69, 9.17) is 16.0 Å². The number of benzene rings is 2. The largest absolute Gasteiger partial charge is 0.417 e. The summed E-state index contributed by atoms with van der Waals surface area (Å²) >= 11 is 7.25. The van der Waals surface area contributed by atoms with Crippen LogP contribution in [-0.2, 0) is 0 Å². The molecule has 0 unspecified atom stereocenters. The fourth-order valence-corrected chi connectivity index (χ4v) is 3.26. The monoisotopic (exact) mass is 371 g/mol. The van der Waals surface area contributed by atoms with E-state index in [0.717, 1.165) is 10.6 Å². The normalized spacial score (nSPS) is 10.9. The van der Waals surface area contributed by atoms with Crippen molar-refractivity contribution in [2.45, 2.75) is 0 Å². The maximum atomic E-state index is 12.4. The van der Waals surface area contributed by atoms with E-state index in [2.05, 4.69) is 15.3 Å². The summed E-state index contributed by atoms with van der Waals surface area (Å²) in [5.74, 6) is -0.868. The second kappa shape index (κ2) is 6.19. The minimum Gasteiger partial charge on any atom is -0.408 e. The van der Waals surface area contributed by atoms with E-state index in [1.807, 2.05) is 12.1 Å². The molecule has 0 aliphatic heterocycles. The second-order valence-electron chi connectivity index (χ2n) is 5.22. The number of carbonyl (C=O) groups excluding carboxylic acids is 1. The molecule has 6 nitrogen and oxygen atoms in total. The van der Waals surface area contributed by atoms with Gasteiger partial charge in [0, 0.05) is 21.7 Å². The molecule has 4 rings (SSSR count). The number of fused-ring (bicyclic) bond motifs is 1. The minimum atomic E-state index is -0.536. The van der Waals surface area contributed by atoms with Crippen molar-refractivity contribution in [3.63, 3.8) is 0 Å². The molecule has 0 spiro atoms. The van der Waals surface area contributed by atoms with E-state index in [-0.39, 0.29) is 5.91 Å². The number of H-pyrrole nitrogens is 1. The van der Waals surface area contributed by atoms with Crippen molar-refractivity contribution in [2.24, 2.45) is 0 Å². The van der Waals surface area contributed by atoms with Crippen molar-refractivity contribution >= 4 is 45.6 Å². The van der Waals surface area contributed by atoms with Crippen LogP contribution in [-0.4, -0.2) is 15.9 Å². The van der Waals surface area contributed by atoms with E-state index < -0.39 is 5.76 Å². The number of thiazole rings is 1. The first-order valence-corrected chi connectivity index (χ1v) is 8.50. The second-order valence-corrected chi connectivity index (χ2v) is 6.52. The Morgan fingerprint density at radius 3 is 2.80 bits per heavy atom. The maximum Gasteiger partial charge on any atom is 0.417 e. The summed E-state index contributed by atoms with van der Waals surface area (Å²) in [4.78, 5) is 30.5. The highest BCUT2D eigenvalue weighted by Crippen LogP contribution is 2.25. The highest BCUT2D eigenvalue weighted by Gasteiger charge is 2.13. The molecule has 2 aromatic carbocycles. The molecule has 1 amide bonds. The van der Waals surface area contributed by atoms with Gasteiger partial charge in [-0.3, -0.25) is 9.78 Å². The summed E-state index contributed by atoms with van der Waals surface area (Å²) in [5.41, 5.74) is 2.70. The Labute approximate surface area is 150 Å². The van der Waals surface area contributed by atoms with Gasteiger partial charge in [-0.1, -0.05) is 23.7 Å². The van der Waals surface area contributed by atoms with Crippen LogP contribution in [0.3, 0.4) is 0 Å². The molecular formula is C17H10ClN3O3S. The molecule has 0 atom stereocenters. The van der Waals surface area contributed by atoms with Gasteiger partial charge in [-0.05, 0) is 30.3 Å². The number of oxazole rings is 1. The number of anilines is 1. The van der Waals surface area contributed by atoms with Crippen LogP contribution in [0.5, 0.6) is 0 Å². The Balaban J connectivity index is 1.56. The van der Waals surface area contributed by atoms with Gasteiger partial charge >= 0.3 is 5.76 Å². The molecule has 0 saturated carbocycles. The van der Waals surface area contributed by atoms with Gasteiger partial charge in [-0.2, -0.15) is 0 Å². The highest BCUT2D eigenvalue weighted by atomic mass is 35.5. The summed E-state index contributed by atoms with van der Waals surface area (Å²) in [7, 11) is 0. The van der Waals surface area contributed by atoms with Crippen LogP contribution in [0.15, 0.2) is 57.1 Å². The number of carbonyl (C=O) groups is 1. The van der Waals surface area contributed by atoms with Gasteiger partial charge in [0.25, 0.3) is 5.91 Å². The van der Waals surface area contributed by atoms with Gasteiger partial charge < -0.3 is 9.73 Å². The van der Waals surface area contributed by atoms with Crippen molar-refractivity contribution in [1.29, 1.82) is 0 Å². The van der Waals surface area contributed by atoms with Crippen LogP contribution in [0.25, 0.3) is 21.7 Å². The molecule has 2 aromatic heterocycles. The fourth-order valence-electron chi connectivity index (χ4n) is 2.33. The Kier molecular flexibility index (Phi) is 3.87. The number of halogens is 1. The zero-order chi connectivity index (χ0) is 17.4. The fraction of sp³-hybridized carbons (Fsp3) is 0. The summed E-state index contributed by atoms with van der Waals surface area (Å²) in [5, 5.41) is 5.82. The number of nitrogens with zero attached hydrogens (tertiary/aromatic N) is 1. The van der Waals surface area contributed by atoms with E-state index >= 15 is 0 Å². The van der Waals surface area contributed by atoms with Gasteiger partial charge in [-0.15, -0.1) is 11.3 Å². The third-order valence-electron chi connectivity index (χ3n) is 3.50. The Bertz CT molecular complexity index is 1130. The number of aromatic amines is 1. The summed E-state index contributed by atoms with van der Waals surface area (Å²) in [6.45, 7) is 0. The first-order valence-electron chi connectivity index (χ1n) is 7.24. The van der Waals surface area contributed by atoms with Crippen LogP contribution in [0.1, 0.15) is 10.5 Å². The smallest absolute Gasteiger partial charge is 0.408 e. The number of amides is 1. The lowest BCUT2D eigenvalue weighted by molar-refractivity contribution is 0.102. The predicted molar refractivity (Wildman–Crippen MR) is 97.3 cm³/mol. The molecule has 0 saturated heterocycles. The lowest BCUT2D eigenvalue weighted by Gasteiger charge is -2.02. The Morgan fingerprint density at radius 1 is 1.20 bits per heavy atom. The van der Waals surface area contributed by atoms with E-state index in [1.165, 1.54) is 11.3 Å². The third-order valence-corrected chi connectivity index (χ3v) is 4.65. The zero-order valence-electron chi connectivity index (χ0n) is 12.6. The van der Waals surface area contributed by atoms with Crippen molar-refractivity contribution in [2.75, 3.05) is 5.32 Å². The predicted octanol–water partition coefficient (Wildman–Crippen LogP) is 4.15. The van der Waals surface area contributed by atoms with Crippen molar-refractivity contribution in [3.05, 3.63) is 69.1 Å². The number of hydrogen-bond donors (Lipinski definition) is 2. The number of aromatic nitrogens is 2. The molecule has 0 aliphatic rings. The van der Waals surface area contributed by atoms with Crippen molar-refractivity contribution in [3.8, 4) is 10.6 Å². The van der Waals surface area contributed by atoms with Crippen molar-refractivity contribution < 1.29 is 9.21 Å². The number of hydrogen-bond acceptors (Lipinski definition) is 5. The van der Waals surface area contributed by atoms with Gasteiger partial charge in [-0.25, -0.2) is 9.78 Å². The quantitative estimate of drug-likeness (QED) is 0.566. The Hall–Kier alpha value is -2.90. The molecule has 4 aromatic rings. The van der Waals surface area contributed by atoms with Crippen LogP contribution in [0.4, 0.5) is 5.69 Å². The summed E-state index contributed by atoms with van der Waals surface area (Å²) < 4.78 is 4.93. The molecule has 0 aliphatic carbocycles. The highest BCUT2D eigenvalue weighted by molar-refractivity contribution is 7.13. The van der Waals surface area contributed by atoms with Crippen LogP contribution in [0, 0.1) is 0 Å². The third kappa shape index (κ3) is 3.19. The molecule has 2 N–H and O–H groups in total. The SMILES string of the molecule is O=C(Nc1ccc2oc(=O)[nH]c2c1)c1csc(-c2ccc(Cl)cc2)n1. The average molecular weight is 372 g/mol. The molecule has 0 radical (unpaired) electrons. The van der Waals surface area contributed by atoms with Crippen LogP contribution in [0.2, 0.25) is 5.02 Å². The summed E-state index contributed by atoms with van der Waals surface area (Å²) in [6, 6.07) is 12.2. The van der Waals surface area contributed by atoms with E-state index in [9.17, 15) is 9.59 Å². The van der Waals surface area contributed by atoms with Crippen LogP contribution >= 0.6 is 22.9 Å². The zero-order valence-corrected chi connectivity index (χ0v) is 14.1. The molecule has 8 heteroatoms. The molecular weight excluding hydrogens is 362 g/mol. The number of nitrogens with one attached hydrogen (secondary N) is 2. The van der Waals surface area contributed by atoms with E-state index in [1.54, 1.807) is 35.7 Å². The van der Waals surface area contributed by atoms with E-state index in [0.29, 0.717) is 27.5 Å². The van der Waals surface area contributed by atoms with Gasteiger partial charge in [0.2, 0.25) is 0 Å². The molecule has 124 valence electrons. The molecule has 0 fully saturated rings. The standard InChI is InChI=1S/C17H10ClN3O3S/c18-10-3-1-9(2-4-10)16-20-13(8-25-16)15(22)19-11-5-6-14-12(7-11)21-17(23)24-14/h1-8H,(H,19,22)(H,21,23). The molecule has 0 bridgehead atoms. The van der Waals surface area contributed by atoms with Gasteiger partial charge in [0.05, 0.1) is 5.52 Å². The lowest BCUT2D eigenvalue weighted by Crippen LogP contribution is -2.12. The first-order chi connectivity index (χ1) is 12.1. The van der Waals surface area contributed by atoms with Gasteiger partial charge in [0.15, 0.2) is 5.58 Å². The van der Waals surface area contributed by atoms with Gasteiger partial charge in [0.1, 0.15) is 10.7 Å². The first kappa shape index (κ1) is 15.6. The topological polar surface area (TPSA) is 88.0 Å². The van der Waals surface area contributed by atoms with Crippen molar-refractivity contribution in [1.82, 2.24) is 9.97 Å². The summed E-state index contributed by atoms with van der Waals surface area (Å²) in [6.07, 6.45) is 0. The van der Waals surface area contributed by atoms with Crippen LogP contribution < -0.4 is 11.1 Å². The average Bonchev–Trinajstić information content (AvgIpc) is 3.21.